The molecule has 0 radical (unpaired) electrons. The Morgan fingerprint density at radius 3 is 2.71 bits per heavy atom. The van der Waals surface area contributed by atoms with Gasteiger partial charge >= 0.3 is 0 Å². The van der Waals surface area contributed by atoms with Crippen molar-refractivity contribution in [2.75, 3.05) is 11.9 Å². The molecule has 14 heavy (non-hydrogen) atoms. The van der Waals surface area contributed by atoms with Crippen molar-refractivity contribution in [1.82, 2.24) is 0 Å². The number of aliphatic hydroxyl groups is 1. The highest BCUT2D eigenvalue weighted by Crippen LogP contribution is 2.21. The van der Waals surface area contributed by atoms with Crippen LogP contribution in [0.15, 0.2) is 28.7 Å². The number of carbonyl (C=O) groups is 1. The van der Waals surface area contributed by atoms with Crippen LogP contribution in [0.2, 0.25) is 0 Å². The van der Waals surface area contributed by atoms with Gasteiger partial charge in [0.25, 0.3) is 0 Å². The number of aliphatic hydroxyl groups excluding tert-OH is 1. The van der Waals surface area contributed by atoms with Gasteiger partial charge in [-0.1, -0.05) is 12.1 Å². The first kappa shape index (κ1) is 11.0. The zero-order valence-electron chi connectivity index (χ0n) is 7.40. The molecule has 0 heterocycles. The highest BCUT2D eigenvalue weighted by molar-refractivity contribution is 9.10. The molecular formula is C9H11BrN2O2. The monoisotopic (exact) mass is 258 g/mol. The van der Waals surface area contributed by atoms with Crippen molar-refractivity contribution in [1.29, 1.82) is 0 Å². The second-order valence-corrected chi connectivity index (χ2v) is 3.62. The lowest BCUT2D eigenvalue weighted by atomic mass is 10.2. The van der Waals surface area contributed by atoms with Crippen LogP contribution in [0.3, 0.4) is 0 Å². The SMILES string of the molecule is NC(=O)C(CO)Nc1ccccc1Br. The first-order chi connectivity index (χ1) is 6.65. The molecule has 1 rings (SSSR count). The number of anilines is 1. The van der Waals surface area contributed by atoms with Crippen molar-refractivity contribution < 1.29 is 9.90 Å². The summed E-state index contributed by atoms with van der Waals surface area (Å²) in [4.78, 5) is 10.8. The minimum Gasteiger partial charge on any atom is -0.394 e. The van der Waals surface area contributed by atoms with Gasteiger partial charge in [0.2, 0.25) is 5.91 Å². The molecule has 5 heteroatoms. The predicted octanol–water partition coefficient (Wildman–Crippen LogP) is 0.707. The van der Waals surface area contributed by atoms with Gasteiger partial charge in [0, 0.05) is 10.2 Å². The summed E-state index contributed by atoms with van der Waals surface area (Å²) in [7, 11) is 0. The molecule has 0 saturated heterocycles. The van der Waals surface area contributed by atoms with Gasteiger partial charge in [-0.3, -0.25) is 4.79 Å². The minimum absolute atomic E-state index is 0.323. The normalized spacial score (nSPS) is 12.1. The average molecular weight is 259 g/mol. The third kappa shape index (κ3) is 2.71. The van der Waals surface area contributed by atoms with Crippen molar-refractivity contribution >= 4 is 27.5 Å². The smallest absolute Gasteiger partial charge is 0.242 e. The van der Waals surface area contributed by atoms with E-state index in [1.807, 2.05) is 18.2 Å². The van der Waals surface area contributed by atoms with Crippen LogP contribution in [0.4, 0.5) is 5.69 Å². The van der Waals surface area contributed by atoms with Crippen LogP contribution >= 0.6 is 15.9 Å². The molecule has 4 N–H and O–H groups in total. The number of primary amides is 1. The molecule has 0 aliphatic carbocycles. The van der Waals surface area contributed by atoms with Gasteiger partial charge < -0.3 is 16.2 Å². The van der Waals surface area contributed by atoms with Gasteiger partial charge in [-0.05, 0) is 28.1 Å². The Balaban J connectivity index is 2.77. The van der Waals surface area contributed by atoms with Gasteiger partial charge in [-0.2, -0.15) is 0 Å². The summed E-state index contributed by atoms with van der Waals surface area (Å²) in [5, 5.41) is 11.7. The fraction of sp³-hybridized carbons (Fsp3) is 0.222. The van der Waals surface area contributed by atoms with E-state index in [0.29, 0.717) is 0 Å². The summed E-state index contributed by atoms with van der Waals surface area (Å²) in [5.41, 5.74) is 5.80. The van der Waals surface area contributed by atoms with E-state index in [1.165, 1.54) is 0 Å². The van der Waals surface area contributed by atoms with Crippen LogP contribution < -0.4 is 11.1 Å². The van der Waals surface area contributed by atoms with E-state index in [4.69, 9.17) is 10.8 Å². The highest BCUT2D eigenvalue weighted by Gasteiger charge is 2.14. The van der Waals surface area contributed by atoms with Gasteiger partial charge in [-0.25, -0.2) is 0 Å². The second kappa shape index (κ2) is 4.97. The van der Waals surface area contributed by atoms with E-state index in [1.54, 1.807) is 6.07 Å². The summed E-state index contributed by atoms with van der Waals surface area (Å²) in [6, 6.07) is 6.54. The number of carbonyl (C=O) groups excluding carboxylic acids is 1. The molecular weight excluding hydrogens is 248 g/mol. The number of hydrogen-bond donors (Lipinski definition) is 3. The molecule has 0 spiro atoms. The lowest BCUT2D eigenvalue weighted by molar-refractivity contribution is -0.119. The first-order valence-corrected chi connectivity index (χ1v) is 4.85. The number of nitrogens with one attached hydrogen (secondary N) is 1. The molecule has 1 aromatic rings. The molecule has 0 aliphatic heterocycles. The number of benzene rings is 1. The van der Waals surface area contributed by atoms with Gasteiger partial charge in [-0.15, -0.1) is 0 Å². The van der Waals surface area contributed by atoms with Crippen LogP contribution in [0.25, 0.3) is 0 Å². The third-order valence-electron chi connectivity index (χ3n) is 1.73. The lowest BCUT2D eigenvalue weighted by Gasteiger charge is -2.14. The predicted molar refractivity (Wildman–Crippen MR) is 57.8 cm³/mol. The van der Waals surface area contributed by atoms with E-state index in [9.17, 15) is 4.79 Å². The fourth-order valence-corrected chi connectivity index (χ4v) is 1.37. The largest absolute Gasteiger partial charge is 0.394 e. The highest BCUT2D eigenvalue weighted by atomic mass is 79.9. The maximum atomic E-state index is 10.8. The Hall–Kier alpha value is -1.07. The molecule has 0 fully saturated rings. The zero-order chi connectivity index (χ0) is 10.6. The summed E-state index contributed by atoms with van der Waals surface area (Å²) < 4.78 is 0.819. The van der Waals surface area contributed by atoms with Crippen LogP contribution in [0.1, 0.15) is 0 Å². The Morgan fingerprint density at radius 1 is 1.57 bits per heavy atom. The Morgan fingerprint density at radius 2 is 2.21 bits per heavy atom. The Bertz CT molecular complexity index is 330. The van der Waals surface area contributed by atoms with E-state index in [2.05, 4.69) is 21.2 Å². The van der Waals surface area contributed by atoms with Crippen molar-refractivity contribution in [2.24, 2.45) is 5.73 Å². The van der Waals surface area contributed by atoms with Crippen LogP contribution in [-0.4, -0.2) is 23.7 Å². The van der Waals surface area contributed by atoms with E-state index < -0.39 is 11.9 Å². The minimum atomic E-state index is -0.756. The number of rotatable bonds is 4. The molecule has 1 atom stereocenters. The summed E-state index contributed by atoms with van der Waals surface area (Å²) in [6.07, 6.45) is 0. The van der Waals surface area contributed by atoms with Gasteiger partial charge in [0.15, 0.2) is 0 Å². The molecule has 0 aromatic heterocycles. The van der Waals surface area contributed by atoms with E-state index in [0.717, 1.165) is 10.2 Å². The molecule has 1 aromatic carbocycles. The molecule has 0 aliphatic rings. The number of nitrogens with two attached hydrogens (primary N) is 1. The van der Waals surface area contributed by atoms with E-state index >= 15 is 0 Å². The number of para-hydroxylation sites is 1. The quantitative estimate of drug-likeness (QED) is 0.745. The van der Waals surface area contributed by atoms with Crippen LogP contribution in [0.5, 0.6) is 0 Å². The zero-order valence-corrected chi connectivity index (χ0v) is 8.99. The Labute approximate surface area is 90.2 Å². The number of amides is 1. The fourth-order valence-electron chi connectivity index (χ4n) is 0.973. The lowest BCUT2D eigenvalue weighted by Crippen LogP contribution is -2.38. The maximum Gasteiger partial charge on any atom is 0.242 e. The van der Waals surface area contributed by atoms with Crippen molar-refractivity contribution in [3.8, 4) is 0 Å². The summed E-state index contributed by atoms with van der Waals surface area (Å²) in [5.74, 6) is -0.580. The Kier molecular flexibility index (Phi) is 3.91. The molecule has 1 amide bonds. The van der Waals surface area contributed by atoms with Crippen molar-refractivity contribution in [3.63, 3.8) is 0 Å². The first-order valence-electron chi connectivity index (χ1n) is 4.06. The topological polar surface area (TPSA) is 75.4 Å². The average Bonchev–Trinajstić information content (AvgIpc) is 2.16. The molecule has 0 saturated carbocycles. The number of halogens is 1. The second-order valence-electron chi connectivity index (χ2n) is 2.76. The van der Waals surface area contributed by atoms with Crippen LogP contribution in [0, 0.1) is 0 Å². The molecule has 76 valence electrons. The van der Waals surface area contributed by atoms with Gasteiger partial charge in [0.1, 0.15) is 6.04 Å². The van der Waals surface area contributed by atoms with Crippen molar-refractivity contribution in [3.05, 3.63) is 28.7 Å². The van der Waals surface area contributed by atoms with Crippen LogP contribution in [-0.2, 0) is 4.79 Å². The summed E-state index contributed by atoms with van der Waals surface area (Å²) >= 11 is 3.31. The molecule has 4 nitrogen and oxygen atoms in total. The molecule has 1 unspecified atom stereocenters. The van der Waals surface area contributed by atoms with Crippen molar-refractivity contribution in [2.45, 2.75) is 6.04 Å². The standard InChI is InChI=1S/C9H11BrN2O2/c10-6-3-1-2-4-7(6)12-8(5-13)9(11)14/h1-4,8,12-13H,5H2,(H2,11,14). The van der Waals surface area contributed by atoms with Gasteiger partial charge in [0.05, 0.1) is 6.61 Å². The molecule has 0 bridgehead atoms. The van der Waals surface area contributed by atoms with E-state index in [-0.39, 0.29) is 6.61 Å². The summed E-state index contributed by atoms with van der Waals surface area (Å²) in [6.45, 7) is -0.323. The number of hydrogen-bond acceptors (Lipinski definition) is 3. The third-order valence-corrected chi connectivity index (χ3v) is 2.42. The maximum absolute atomic E-state index is 10.8.